The number of aliphatic carboxylic acids is 1. The number of carboxylic acids is 1. The van der Waals surface area contributed by atoms with Crippen LogP contribution in [0.1, 0.15) is 61.7 Å². The fourth-order valence-corrected chi connectivity index (χ4v) is 5.55. The second kappa shape index (κ2) is 8.62. The number of aromatic nitrogens is 6. The van der Waals surface area contributed by atoms with Gasteiger partial charge in [-0.15, -0.1) is 0 Å². The summed E-state index contributed by atoms with van der Waals surface area (Å²) in [6, 6.07) is 0.214. The fraction of sp³-hybridized carbons (Fsp3) is 0.583. The Morgan fingerprint density at radius 1 is 1.20 bits per heavy atom. The lowest BCUT2D eigenvalue weighted by molar-refractivity contribution is -0.143. The van der Waals surface area contributed by atoms with Crippen LogP contribution in [0.3, 0.4) is 0 Å². The number of nitrogens with zero attached hydrogens (tertiary/aromatic N) is 6. The quantitative estimate of drug-likeness (QED) is 0.511. The van der Waals surface area contributed by atoms with Crippen LogP contribution in [-0.4, -0.2) is 47.1 Å². The molecular weight excluding hydrogens is 452 g/mol. The van der Waals surface area contributed by atoms with Gasteiger partial charge in [0.15, 0.2) is 11.6 Å². The summed E-state index contributed by atoms with van der Waals surface area (Å²) in [5, 5.41) is 17.7. The Labute approximate surface area is 201 Å². The third kappa shape index (κ3) is 4.23. The van der Waals surface area contributed by atoms with Crippen molar-refractivity contribution in [2.45, 2.75) is 64.1 Å². The second-order valence-corrected chi connectivity index (χ2v) is 9.91. The van der Waals surface area contributed by atoms with Crippen molar-refractivity contribution < 1.29 is 23.9 Å². The molecule has 3 fully saturated rings. The Hall–Kier alpha value is -3.50. The molecule has 35 heavy (non-hydrogen) atoms. The molecule has 4 unspecified atom stereocenters. The summed E-state index contributed by atoms with van der Waals surface area (Å²) in [6.45, 7) is 2.09. The standard InChI is InChI=1S/C24H28N6O5/c1-12-20(34-15-7-14-5-6-16(23(31)32)17(14)8-15)10-25-21(27-12)18-9-26-30(2)19(18)11-33-24-28-22(35-29-24)13-3-4-13/h9-10,13-17H,3-8,11H2,1-2H3,(H,31,32). The lowest BCUT2D eigenvalue weighted by Gasteiger charge is -2.17. The zero-order valence-electron chi connectivity index (χ0n) is 19.8. The lowest BCUT2D eigenvalue weighted by Crippen LogP contribution is -2.21. The van der Waals surface area contributed by atoms with Crippen molar-refractivity contribution >= 4 is 5.97 Å². The molecule has 3 aromatic rings. The molecule has 184 valence electrons. The summed E-state index contributed by atoms with van der Waals surface area (Å²) in [5.41, 5.74) is 2.27. The molecule has 0 bridgehead atoms. The molecule has 0 saturated heterocycles. The molecule has 0 aromatic carbocycles. The maximum absolute atomic E-state index is 11.5. The number of carbonyl (C=O) groups is 1. The first-order valence-corrected chi connectivity index (χ1v) is 12.2. The highest BCUT2D eigenvalue weighted by Crippen LogP contribution is 2.48. The molecule has 3 heterocycles. The number of ether oxygens (including phenoxy) is 2. The van der Waals surface area contributed by atoms with Gasteiger partial charge in [-0.3, -0.25) is 9.48 Å². The molecule has 11 heteroatoms. The molecule has 4 atom stereocenters. The zero-order chi connectivity index (χ0) is 24.1. The van der Waals surface area contributed by atoms with Crippen molar-refractivity contribution in [3.63, 3.8) is 0 Å². The highest BCUT2D eigenvalue weighted by Gasteiger charge is 2.47. The number of hydrogen-bond acceptors (Lipinski definition) is 9. The van der Waals surface area contributed by atoms with E-state index in [1.54, 1.807) is 17.1 Å². The predicted octanol–water partition coefficient (Wildman–Crippen LogP) is 3.29. The van der Waals surface area contributed by atoms with E-state index in [4.69, 9.17) is 14.0 Å². The lowest BCUT2D eigenvalue weighted by atomic mass is 9.92. The zero-order valence-corrected chi connectivity index (χ0v) is 19.8. The van der Waals surface area contributed by atoms with Gasteiger partial charge in [0.25, 0.3) is 0 Å². The average Bonchev–Trinajstić information content (AvgIpc) is 3.12. The van der Waals surface area contributed by atoms with Crippen molar-refractivity contribution in [1.82, 2.24) is 29.9 Å². The molecule has 3 aromatic heterocycles. The minimum Gasteiger partial charge on any atom is -0.487 e. The largest absolute Gasteiger partial charge is 0.487 e. The molecule has 0 radical (unpaired) electrons. The number of hydrogen-bond donors (Lipinski definition) is 1. The first-order valence-electron chi connectivity index (χ1n) is 12.2. The molecule has 0 amide bonds. The van der Waals surface area contributed by atoms with Gasteiger partial charge in [0, 0.05) is 13.0 Å². The van der Waals surface area contributed by atoms with Crippen LogP contribution in [0.25, 0.3) is 11.4 Å². The highest BCUT2D eigenvalue weighted by molar-refractivity contribution is 5.71. The van der Waals surface area contributed by atoms with Crippen LogP contribution in [0.4, 0.5) is 0 Å². The van der Waals surface area contributed by atoms with Gasteiger partial charge in [-0.2, -0.15) is 10.1 Å². The van der Waals surface area contributed by atoms with Crippen LogP contribution in [0.15, 0.2) is 16.9 Å². The van der Waals surface area contributed by atoms with Crippen LogP contribution in [0, 0.1) is 24.7 Å². The Balaban J connectivity index is 1.14. The van der Waals surface area contributed by atoms with Crippen molar-refractivity contribution in [2.75, 3.05) is 0 Å². The van der Waals surface area contributed by atoms with Gasteiger partial charge < -0.3 is 19.1 Å². The van der Waals surface area contributed by atoms with Crippen molar-refractivity contribution in [2.24, 2.45) is 24.8 Å². The van der Waals surface area contributed by atoms with Gasteiger partial charge in [0.2, 0.25) is 5.89 Å². The van der Waals surface area contributed by atoms with Gasteiger partial charge in [-0.05, 0) is 62.4 Å². The minimum atomic E-state index is -0.680. The maximum atomic E-state index is 11.5. The topological polar surface area (TPSA) is 138 Å². The number of aryl methyl sites for hydroxylation is 2. The van der Waals surface area contributed by atoms with E-state index >= 15 is 0 Å². The van der Waals surface area contributed by atoms with E-state index in [2.05, 4.69) is 25.2 Å². The summed E-state index contributed by atoms with van der Waals surface area (Å²) in [4.78, 5) is 25.1. The molecule has 3 aliphatic carbocycles. The summed E-state index contributed by atoms with van der Waals surface area (Å²) < 4.78 is 19.0. The van der Waals surface area contributed by atoms with Crippen LogP contribution in [0.2, 0.25) is 0 Å². The molecule has 0 aliphatic heterocycles. The van der Waals surface area contributed by atoms with Crippen LogP contribution in [0.5, 0.6) is 11.8 Å². The van der Waals surface area contributed by atoms with E-state index in [1.807, 2.05) is 14.0 Å². The molecule has 3 aliphatic rings. The van der Waals surface area contributed by atoms with Crippen LogP contribution >= 0.6 is 0 Å². The maximum Gasteiger partial charge on any atom is 0.354 e. The molecular formula is C24H28N6O5. The van der Waals surface area contributed by atoms with E-state index in [9.17, 15) is 9.90 Å². The molecule has 1 N–H and O–H groups in total. The first kappa shape index (κ1) is 22.0. The number of carboxylic acid groups (broad SMARTS) is 1. The summed E-state index contributed by atoms with van der Waals surface area (Å²) in [6.07, 6.45) is 8.96. The third-order valence-corrected chi connectivity index (χ3v) is 7.61. The first-order chi connectivity index (χ1) is 17.0. The van der Waals surface area contributed by atoms with Crippen LogP contribution < -0.4 is 9.47 Å². The summed E-state index contributed by atoms with van der Waals surface area (Å²) >= 11 is 0. The minimum absolute atomic E-state index is 0.00172. The monoisotopic (exact) mass is 480 g/mol. The Morgan fingerprint density at radius 2 is 2.06 bits per heavy atom. The second-order valence-electron chi connectivity index (χ2n) is 9.91. The summed E-state index contributed by atoms with van der Waals surface area (Å²) in [7, 11) is 1.83. The van der Waals surface area contributed by atoms with Crippen molar-refractivity contribution in [3.05, 3.63) is 29.7 Å². The smallest absolute Gasteiger partial charge is 0.354 e. The molecule has 11 nitrogen and oxygen atoms in total. The SMILES string of the molecule is Cc1nc(-c2cnn(C)c2COc2noc(C3CC3)n2)ncc1OC1CC2CCC(C(=O)O)C2C1. The molecule has 0 spiro atoms. The van der Waals surface area contributed by atoms with E-state index < -0.39 is 5.97 Å². The van der Waals surface area contributed by atoms with Gasteiger partial charge in [0.1, 0.15) is 6.61 Å². The average molecular weight is 481 g/mol. The fourth-order valence-electron chi connectivity index (χ4n) is 5.55. The number of rotatable bonds is 8. The normalized spacial score (nSPS) is 25.5. The van der Waals surface area contributed by atoms with Crippen molar-refractivity contribution in [1.29, 1.82) is 0 Å². The third-order valence-electron chi connectivity index (χ3n) is 7.61. The van der Waals surface area contributed by atoms with Gasteiger partial charge in [-0.1, -0.05) is 0 Å². The van der Waals surface area contributed by atoms with E-state index in [0.29, 0.717) is 29.3 Å². The molecule has 6 rings (SSSR count). The highest BCUT2D eigenvalue weighted by atomic mass is 16.6. The van der Waals surface area contributed by atoms with Crippen LogP contribution in [-0.2, 0) is 18.4 Å². The van der Waals surface area contributed by atoms with E-state index in [0.717, 1.165) is 55.5 Å². The van der Waals surface area contributed by atoms with E-state index in [-0.39, 0.29) is 30.6 Å². The molecule has 3 saturated carbocycles. The van der Waals surface area contributed by atoms with E-state index in [1.165, 1.54) is 0 Å². The predicted molar refractivity (Wildman–Crippen MR) is 121 cm³/mol. The number of fused-ring (bicyclic) bond motifs is 1. The Bertz CT molecular complexity index is 1250. The summed E-state index contributed by atoms with van der Waals surface area (Å²) in [5.74, 6) is 1.87. The van der Waals surface area contributed by atoms with Gasteiger partial charge in [-0.25, -0.2) is 9.97 Å². The van der Waals surface area contributed by atoms with Gasteiger partial charge >= 0.3 is 12.0 Å². The Kier molecular flexibility index (Phi) is 5.42. The Morgan fingerprint density at radius 3 is 2.83 bits per heavy atom. The van der Waals surface area contributed by atoms with Crippen molar-refractivity contribution in [3.8, 4) is 23.1 Å². The van der Waals surface area contributed by atoms with Gasteiger partial charge in [0.05, 0.1) is 41.4 Å².